The average molecular weight is 290 g/mol. The molecular formula is C15H18N2O2S. The van der Waals surface area contributed by atoms with Crippen LogP contribution < -0.4 is 9.47 Å². The van der Waals surface area contributed by atoms with Crippen LogP contribution in [0.25, 0.3) is 0 Å². The Bertz CT molecular complexity index is 577. The maximum atomic E-state index is 5.43. The van der Waals surface area contributed by atoms with Gasteiger partial charge in [0.25, 0.3) is 0 Å². The van der Waals surface area contributed by atoms with Crippen LogP contribution in [-0.2, 0) is 4.75 Å². The molecule has 2 rings (SSSR count). The number of hydrogen-bond donors (Lipinski definition) is 0. The first-order valence-corrected chi connectivity index (χ1v) is 7.44. The van der Waals surface area contributed by atoms with Crippen LogP contribution >= 0.6 is 11.8 Å². The van der Waals surface area contributed by atoms with Crippen LogP contribution in [0.4, 0.5) is 0 Å². The molecule has 4 nitrogen and oxygen atoms in total. The Morgan fingerprint density at radius 1 is 1.10 bits per heavy atom. The van der Waals surface area contributed by atoms with Crippen LogP contribution in [0.15, 0.2) is 36.5 Å². The second-order valence-electron chi connectivity index (χ2n) is 4.36. The smallest absolute Gasteiger partial charge is 0.221 e. The Hall–Kier alpha value is -1.75. The minimum Gasteiger partial charge on any atom is -0.481 e. The molecule has 0 aliphatic rings. The highest BCUT2D eigenvalue weighted by molar-refractivity contribution is 7.99. The zero-order valence-corrected chi connectivity index (χ0v) is 12.9. The first-order chi connectivity index (χ1) is 9.65. The average Bonchev–Trinajstić information content (AvgIpc) is 2.54. The minimum absolute atomic E-state index is 0.328. The molecule has 2 aromatic rings. The second kappa shape index (κ2) is 6.13. The van der Waals surface area contributed by atoms with Crippen molar-refractivity contribution < 1.29 is 9.47 Å². The summed E-state index contributed by atoms with van der Waals surface area (Å²) in [6.07, 6.45) is 3.85. The highest BCUT2D eigenvalue weighted by Crippen LogP contribution is 2.43. The highest BCUT2D eigenvalue weighted by Gasteiger charge is 2.33. The normalized spacial score (nSPS) is 13.6. The van der Waals surface area contributed by atoms with Crippen LogP contribution in [-0.4, -0.2) is 30.4 Å². The number of pyridine rings is 2. The largest absolute Gasteiger partial charge is 0.481 e. The number of nitrogens with zero attached hydrogens (tertiary/aromatic N) is 2. The molecule has 0 radical (unpaired) electrons. The van der Waals surface area contributed by atoms with Gasteiger partial charge in [-0.25, -0.2) is 0 Å². The fourth-order valence-electron chi connectivity index (χ4n) is 2.05. The predicted octanol–water partition coefficient (Wildman–Crippen LogP) is 3.12. The van der Waals surface area contributed by atoms with Gasteiger partial charge in [0.05, 0.1) is 24.7 Å². The van der Waals surface area contributed by atoms with E-state index in [2.05, 4.69) is 23.1 Å². The van der Waals surface area contributed by atoms with Crippen molar-refractivity contribution in [3.8, 4) is 11.8 Å². The third-order valence-electron chi connectivity index (χ3n) is 3.31. The van der Waals surface area contributed by atoms with Gasteiger partial charge in [0, 0.05) is 17.8 Å². The predicted molar refractivity (Wildman–Crippen MR) is 81.5 cm³/mol. The van der Waals surface area contributed by atoms with E-state index < -0.39 is 0 Å². The van der Waals surface area contributed by atoms with Gasteiger partial charge in [0.1, 0.15) is 0 Å². The van der Waals surface area contributed by atoms with E-state index in [1.165, 1.54) is 0 Å². The van der Waals surface area contributed by atoms with Crippen molar-refractivity contribution in [1.29, 1.82) is 0 Å². The number of aromatic nitrogens is 2. The van der Waals surface area contributed by atoms with Gasteiger partial charge in [-0.3, -0.25) is 4.98 Å². The Balaban J connectivity index is 2.57. The first kappa shape index (κ1) is 14.7. The second-order valence-corrected chi connectivity index (χ2v) is 5.59. The van der Waals surface area contributed by atoms with Crippen molar-refractivity contribution in [2.24, 2.45) is 0 Å². The summed E-state index contributed by atoms with van der Waals surface area (Å²) in [4.78, 5) is 8.84. The first-order valence-electron chi connectivity index (χ1n) is 6.22. The third-order valence-corrected chi connectivity index (χ3v) is 4.56. The number of methoxy groups -OCH3 is 2. The van der Waals surface area contributed by atoms with Crippen molar-refractivity contribution >= 4 is 11.8 Å². The number of rotatable bonds is 5. The molecule has 106 valence electrons. The molecule has 0 bridgehead atoms. The minimum atomic E-state index is -0.328. The molecule has 5 heteroatoms. The number of ether oxygens (including phenoxy) is 2. The molecule has 0 aromatic carbocycles. The number of thioether (sulfide) groups is 1. The molecule has 0 aliphatic carbocycles. The molecule has 0 aliphatic heterocycles. The molecule has 0 amide bonds. The van der Waals surface area contributed by atoms with E-state index in [1.807, 2.05) is 30.3 Å². The van der Waals surface area contributed by atoms with Crippen molar-refractivity contribution in [1.82, 2.24) is 9.97 Å². The van der Waals surface area contributed by atoms with Gasteiger partial charge in [0.2, 0.25) is 11.8 Å². The van der Waals surface area contributed by atoms with E-state index in [9.17, 15) is 0 Å². The maximum Gasteiger partial charge on any atom is 0.221 e. The SMILES string of the molecule is COc1ccc(C(C)(SC)c2ccccn2)c(OC)n1. The van der Waals surface area contributed by atoms with Gasteiger partial charge >= 0.3 is 0 Å². The lowest BCUT2D eigenvalue weighted by molar-refractivity contribution is 0.359. The zero-order chi connectivity index (χ0) is 14.6. The van der Waals surface area contributed by atoms with Crippen LogP contribution in [0.1, 0.15) is 18.2 Å². The summed E-state index contributed by atoms with van der Waals surface area (Å²) in [5.41, 5.74) is 1.95. The van der Waals surface area contributed by atoms with Gasteiger partial charge in [-0.2, -0.15) is 4.98 Å². The van der Waals surface area contributed by atoms with Crippen molar-refractivity contribution in [3.63, 3.8) is 0 Å². The fraction of sp³-hybridized carbons (Fsp3) is 0.333. The topological polar surface area (TPSA) is 44.2 Å². The molecule has 0 saturated heterocycles. The van der Waals surface area contributed by atoms with Gasteiger partial charge in [-0.15, -0.1) is 11.8 Å². The summed E-state index contributed by atoms with van der Waals surface area (Å²) < 4.78 is 10.2. The van der Waals surface area contributed by atoms with E-state index in [-0.39, 0.29) is 4.75 Å². The summed E-state index contributed by atoms with van der Waals surface area (Å²) in [6, 6.07) is 9.74. The Morgan fingerprint density at radius 2 is 1.90 bits per heavy atom. The molecule has 1 unspecified atom stereocenters. The fourth-order valence-corrected chi connectivity index (χ4v) is 2.76. The van der Waals surface area contributed by atoms with E-state index in [1.54, 1.807) is 32.2 Å². The van der Waals surface area contributed by atoms with Gasteiger partial charge in [-0.1, -0.05) is 6.07 Å². The number of hydrogen-bond acceptors (Lipinski definition) is 5. The van der Waals surface area contributed by atoms with Crippen molar-refractivity contribution in [3.05, 3.63) is 47.8 Å². The Kier molecular flexibility index (Phi) is 4.49. The summed E-state index contributed by atoms with van der Waals surface area (Å²) >= 11 is 1.70. The van der Waals surface area contributed by atoms with Crippen molar-refractivity contribution in [2.45, 2.75) is 11.7 Å². The molecule has 0 saturated carbocycles. The molecular weight excluding hydrogens is 272 g/mol. The quantitative estimate of drug-likeness (QED) is 0.846. The monoisotopic (exact) mass is 290 g/mol. The van der Waals surface area contributed by atoms with Crippen LogP contribution in [0.2, 0.25) is 0 Å². The van der Waals surface area contributed by atoms with E-state index in [0.717, 1.165) is 11.3 Å². The van der Waals surface area contributed by atoms with Gasteiger partial charge < -0.3 is 9.47 Å². The molecule has 0 N–H and O–H groups in total. The van der Waals surface area contributed by atoms with E-state index >= 15 is 0 Å². The molecule has 2 aromatic heterocycles. The van der Waals surface area contributed by atoms with Crippen LogP contribution in [0, 0.1) is 0 Å². The maximum absolute atomic E-state index is 5.43. The lowest BCUT2D eigenvalue weighted by atomic mass is 9.97. The summed E-state index contributed by atoms with van der Waals surface area (Å²) in [5, 5.41) is 0. The molecule has 1 atom stereocenters. The molecule has 0 spiro atoms. The van der Waals surface area contributed by atoms with Crippen LogP contribution in [0.3, 0.4) is 0 Å². The molecule has 20 heavy (non-hydrogen) atoms. The van der Waals surface area contributed by atoms with Gasteiger partial charge in [0.15, 0.2) is 0 Å². The third kappa shape index (κ3) is 2.58. The zero-order valence-electron chi connectivity index (χ0n) is 12.1. The summed E-state index contributed by atoms with van der Waals surface area (Å²) in [7, 11) is 3.21. The Morgan fingerprint density at radius 3 is 2.45 bits per heavy atom. The lowest BCUT2D eigenvalue weighted by Gasteiger charge is -2.28. The lowest BCUT2D eigenvalue weighted by Crippen LogP contribution is -2.21. The van der Waals surface area contributed by atoms with E-state index in [0.29, 0.717) is 11.8 Å². The summed E-state index contributed by atoms with van der Waals surface area (Å²) in [5.74, 6) is 1.10. The highest BCUT2D eigenvalue weighted by atomic mass is 32.2. The summed E-state index contributed by atoms with van der Waals surface area (Å²) in [6.45, 7) is 2.12. The Labute approximate surface area is 123 Å². The van der Waals surface area contributed by atoms with Crippen LogP contribution in [0.5, 0.6) is 11.8 Å². The molecule has 0 fully saturated rings. The van der Waals surface area contributed by atoms with E-state index in [4.69, 9.17) is 9.47 Å². The standard InChI is InChI=1S/C15H18N2O2S/c1-15(20-4,12-7-5-6-10-16-12)11-8-9-13(18-2)17-14(11)19-3/h5-10H,1-4H3. The molecule has 2 heterocycles. The van der Waals surface area contributed by atoms with Crippen molar-refractivity contribution in [2.75, 3.05) is 20.5 Å². The van der Waals surface area contributed by atoms with Gasteiger partial charge in [-0.05, 0) is 31.4 Å².